The van der Waals surface area contributed by atoms with Crippen molar-refractivity contribution in [2.24, 2.45) is 0 Å². The molecule has 8 rings (SSSR count). The van der Waals surface area contributed by atoms with Gasteiger partial charge in [-0.05, 0) is 57.6 Å². The molecule has 1 nitrogen and oxygen atoms in total. The van der Waals surface area contributed by atoms with E-state index in [1.807, 2.05) is 222 Å². The average molecular weight is 1110 g/mol. The van der Waals surface area contributed by atoms with E-state index in [-0.39, 0.29) is 0 Å². The molecular weight excluding hydrogens is 975 g/mol. The Morgan fingerprint density at radius 3 is 0.432 bits per heavy atom. The third-order valence-corrected chi connectivity index (χ3v) is 9.04. The summed E-state index contributed by atoms with van der Waals surface area (Å²) in [4.78, 5) is 2.46. The molecule has 8 aromatic carbocycles. The molecule has 0 atom stereocenters. The molecule has 0 amide bonds. The molecule has 0 aliphatic carbocycles. The summed E-state index contributed by atoms with van der Waals surface area (Å²) in [6, 6.07) is 76.1. The van der Waals surface area contributed by atoms with Crippen LogP contribution in [0.15, 0.2) is 212 Å². The topological polar surface area (TPSA) is 3.24 Å². The van der Waals surface area contributed by atoms with Gasteiger partial charge in [0.1, 0.15) is 0 Å². The van der Waals surface area contributed by atoms with Crippen molar-refractivity contribution in [3.63, 3.8) is 0 Å². The van der Waals surface area contributed by atoms with Crippen molar-refractivity contribution in [3.05, 3.63) is 212 Å². The fourth-order valence-electron chi connectivity index (χ4n) is 6.97. The lowest BCUT2D eigenvalue weighted by molar-refractivity contribution is 1.28. The van der Waals surface area contributed by atoms with Crippen LogP contribution in [0.3, 0.4) is 0 Å². The second-order valence-electron chi connectivity index (χ2n) is 12.1. The van der Waals surface area contributed by atoms with E-state index in [1.165, 1.54) is 44.5 Å². The van der Waals surface area contributed by atoms with Crippen molar-refractivity contribution < 1.29 is 0 Å². The van der Waals surface area contributed by atoms with Crippen molar-refractivity contribution in [2.45, 2.75) is 222 Å². The highest BCUT2D eigenvalue weighted by molar-refractivity contribution is 6.16. The highest BCUT2D eigenvalue weighted by atomic mass is 15.1. The summed E-state index contributed by atoms with van der Waals surface area (Å²) in [5.74, 6) is 0. The number of hydrogen-bond acceptors (Lipinski definition) is 1. The van der Waals surface area contributed by atoms with Crippen molar-refractivity contribution in [3.8, 4) is 55.6 Å². The summed E-state index contributed by atoms with van der Waals surface area (Å²) in [6.07, 6.45) is 0. The smallest absolute Gasteiger partial charge is 0.0631 e. The van der Waals surface area contributed by atoms with Crippen LogP contribution < -0.4 is 4.90 Å². The minimum absolute atomic E-state index is 1.09. The number of benzene rings is 8. The Morgan fingerprint density at radius 2 is 0.272 bits per heavy atom. The first-order chi connectivity index (χ1) is 40.4. The first kappa shape index (κ1) is 93.9. The molecule has 1 heteroatoms. The van der Waals surface area contributed by atoms with Crippen LogP contribution in [0.4, 0.5) is 17.1 Å². The van der Waals surface area contributed by atoms with E-state index in [2.05, 4.69) is 217 Å². The van der Waals surface area contributed by atoms with Gasteiger partial charge in [-0.25, -0.2) is 0 Å². The maximum atomic E-state index is 2.46. The van der Waals surface area contributed by atoms with Crippen LogP contribution in [0.2, 0.25) is 0 Å². The van der Waals surface area contributed by atoms with Crippen LogP contribution in [-0.4, -0.2) is 0 Å². The minimum Gasteiger partial charge on any atom is -0.309 e. The lowest BCUT2D eigenvalue weighted by atomic mass is 9.77. The SMILES string of the molecule is CC.CC.CC.CC.CC.CC.CC.CC.CC.CC.CC.CC.CC.CC.CC.CC.c1ccc(-c2c(-c3ccccc3)c(-c3ccccc3)c(N(c3ccccc3)c3ccccc3)c(-c3ccccc3)c2-c2ccccc2)cc1. The third kappa shape index (κ3) is 33.8. The summed E-state index contributed by atoms with van der Waals surface area (Å²) in [5, 5.41) is 0. The van der Waals surface area contributed by atoms with Crippen molar-refractivity contribution in [1.82, 2.24) is 0 Å². The van der Waals surface area contributed by atoms with Gasteiger partial charge < -0.3 is 4.90 Å². The Kier molecular flexibility index (Phi) is 90.1. The van der Waals surface area contributed by atoms with Crippen LogP contribution in [0.1, 0.15) is 222 Å². The van der Waals surface area contributed by atoms with Gasteiger partial charge in [0, 0.05) is 33.6 Å². The molecule has 0 radical (unpaired) electrons. The Morgan fingerprint density at radius 1 is 0.148 bits per heavy atom. The van der Waals surface area contributed by atoms with Crippen molar-refractivity contribution in [1.29, 1.82) is 0 Å². The zero-order valence-corrected chi connectivity index (χ0v) is 59.2. The summed E-state index contributed by atoms with van der Waals surface area (Å²) in [6.45, 7) is 64.0. The molecule has 456 valence electrons. The Hall–Kier alpha value is -6.44. The van der Waals surface area contributed by atoms with Crippen LogP contribution in [0.5, 0.6) is 0 Å². The number of nitrogens with zero attached hydrogens (tertiary/aromatic N) is 1. The van der Waals surface area contributed by atoms with E-state index in [0.717, 1.165) is 28.2 Å². The van der Waals surface area contributed by atoms with Gasteiger partial charge in [0.25, 0.3) is 0 Å². The molecule has 8 aromatic rings. The monoisotopic (exact) mass is 1110 g/mol. The lowest BCUT2D eigenvalue weighted by Crippen LogP contribution is -2.14. The van der Waals surface area contributed by atoms with Crippen LogP contribution in [0.25, 0.3) is 55.6 Å². The van der Waals surface area contributed by atoms with Gasteiger partial charge in [-0.3, -0.25) is 0 Å². The molecule has 81 heavy (non-hydrogen) atoms. The van der Waals surface area contributed by atoms with Gasteiger partial charge in [-0.1, -0.05) is 410 Å². The van der Waals surface area contributed by atoms with Gasteiger partial charge in [0.2, 0.25) is 0 Å². The second kappa shape index (κ2) is 77.8. The predicted molar refractivity (Wildman–Crippen MR) is 390 cm³/mol. The normalized spacial score (nSPS) is 7.75. The van der Waals surface area contributed by atoms with E-state index in [1.54, 1.807) is 0 Å². The van der Waals surface area contributed by atoms with E-state index in [0.29, 0.717) is 0 Å². The predicted octanol–water partition coefficient (Wildman–Crippen LogP) is 29.9. The molecule has 0 fully saturated rings. The Bertz CT molecular complexity index is 2120. The van der Waals surface area contributed by atoms with Crippen molar-refractivity contribution >= 4 is 17.1 Å². The van der Waals surface area contributed by atoms with Gasteiger partial charge in [-0.15, -0.1) is 0 Å². The minimum atomic E-state index is 1.09. The maximum absolute atomic E-state index is 2.46. The second-order valence-corrected chi connectivity index (χ2v) is 12.1. The summed E-state index contributed by atoms with van der Waals surface area (Å²) < 4.78 is 0. The highest BCUT2D eigenvalue weighted by Gasteiger charge is 2.31. The quantitative estimate of drug-likeness (QED) is 0.147. The maximum Gasteiger partial charge on any atom is 0.0631 e. The fraction of sp³-hybridized carbons (Fsp3) is 0.400. The zero-order chi connectivity index (χ0) is 64.8. The van der Waals surface area contributed by atoms with Crippen LogP contribution in [-0.2, 0) is 0 Å². The molecule has 0 unspecified atom stereocenters. The molecule has 0 saturated heterocycles. The van der Waals surface area contributed by atoms with E-state index in [9.17, 15) is 0 Å². The molecule has 0 aliphatic heterocycles. The summed E-state index contributed by atoms with van der Waals surface area (Å²) in [5.41, 5.74) is 15.1. The van der Waals surface area contributed by atoms with Gasteiger partial charge in [-0.2, -0.15) is 0 Å². The van der Waals surface area contributed by atoms with Gasteiger partial charge in [0.15, 0.2) is 0 Å². The highest BCUT2D eigenvalue weighted by Crippen LogP contribution is 2.58. The van der Waals surface area contributed by atoms with E-state index in [4.69, 9.17) is 0 Å². The lowest BCUT2D eigenvalue weighted by Gasteiger charge is -2.35. The largest absolute Gasteiger partial charge is 0.309 e. The Labute approximate surface area is 508 Å². The summed E-state index contributed by atoms with van der Waals surface area (Å²) >= 11 is 0. The molecule has 0 heterocycles. The summed E-state index contributed by atoms with van der Waals surface area (Å²) in [7, 11) is 0. The fourth-order valence-corrected chi connectivity index (χ4v) is 6.97. The molecule has 0 aromatic heterocycles. The number of rotatable bonds is 8. The van der Waals surface area contributed by atoms with Gasteiger partial charge >= 0.3 is 0 Å². The first-order valence-corrected chi connectivity index (χ1v) is 32.8. The zero-order valence-electron chi connectivity index (χ0n) is 59.2. The van der Waals surface area contributed by atoms with E-state index < -0.39 is 0 Å². The molecule has 0 N–H and O–H groups in total. The average Bonchev–Trinajstić information content (AvgIpc) is 3.63. The van der Waals surface area contributed by atoms with Gasteiger partial charge in [0.05, 0.1) is 5.69 Å². The van der Waals surface area contributed by atoms with Crippen molar-refractivity contribution in [2.75, 3.05) is 4.90 Å². The number of hydrogen-bond donors (Lipinski definition) is 0. The standard InChI is InChI=1S/C48H35N.16C2H6/c1-8-22-36(23-9-1)43-44(37-24-10-2-11-25-37)46(39-28-14-4-15-29-39)48(49(41-32-18-6-19-33-41)42-34-20-7-21-35-42)47(40-30-16-5-17-31-40)45(43)38-26-12-3-13-27-38;16*1-2/h1-35H;16*1-2H3. The van der Waals surface area contributed by atoms with Crippen LogP contribution >= 0.6 is 0 Å². The Balaban J connectivity index is -0.000000201. The van der Waals surface area contributed by atoms with Crippen LogP contribution in [0, 0.1) is 0 Å². The molecule has 0 spiro atoms. The first-order valence-electron chi connectivity index (χ1n) is 32.8. The number of anilines is 3. The molecule has 0 saturated carbocycles. The number of para-hydroxylation sites is 2. The third-order valence-electron chi connectivity index (χ3n) is 9.04. The molecule has 0 bridgehead atoms. The van der Waals surface area contributed by atoms with E-state index >= 15 is 0 Å². The molecule has 0 aliphatic rings. The molecular formula is C80H131N.